The molecule has 190 valence electrons. The molecule has 0 spiro atoms. The van der Waals surface area contributed by atoms with E-state index >= 15 is 0 Å². The monoisotopic (exact) mass is 489 g/mol. The van der Waals surface area contributed by atoms with Crippen molar-refractivity contribution in [2.75, 3.05) is 30.3 Å². The number of carbonyl (C=O) groups is 1. The van der Waals surface area contributed by atoms with Gasteiger partial charge in [-0.05, 0) is 64.0 Å². The largest absolute Gasteiger partial charge is 0.461 e. The van der Waals surface area contributed by atoms with Crippen molar-refractivity contribution in [1.29, 1.82) is 0 Å². The van der Waals surface area contributed by atoms with Crippen molar-refractivity contribution in [3.05, 3.63) is 53.2 Å². The number of anilines is 2. The molecule has 2 aromatic carbocycles. The smallest absolute Gasteiger partial charge is 0.410 e. The Morgan fingerprint density at radius 3 is 2.69 bits per heavy atom. The Morgan fingerprint density at radius 2 is 1.92 bits per heavy atom. The lowest BCUT2D eigenvalue weighted by molar-refractivity contribution is 0.0183. The second-order valence-electron chi connectivity index (χ2n) is 10.7. The average Bonchev–Trinajstić information content (AvgIpc) is 3.30. The van der Waals surface area contributed by atoms with Crippen LogP contribution in [-0.4, -0.2) is 52.3 Å². The van der Waals surface area contributed by atoms with Gasteiger partial charge < -0.3 is 25.0 Å². The number of rotatable bonds is 4. The first-order chi connectivity index (χ1) is 17.2. The summed E-state index contributed by atoms with van der Waals surface area (Å²) in [5.41, 5.74) is 10.1. The van der Waals surface area contributed by atoms with E-state index in [-0.39, 0.29) is 18.1 Å². The number of nitrogens with zero attached hydrogens (tertiary/aromatic N) is 4. The second kappa shape index (κ2) is 9.48. The molecule has 0 bridgehead atoms. The van der Waals surface area contributed by atoms with Gasteiger partial charge in [0.15, 0.2) is 0 Å². The molecule has 2 aliphatic rings. The molecule has 3 aromatic rings. The topological polar surface area (TPSA) is 93.8 Å². The fraction of sp³-hybridized carbons (Fsp3) is 0.464. The van der Waals surface area contributed by atoms with Crippen LogP contribution in [0.3, 0.4) is 0 Å². The van der Waals surface area contributed by atoms with E-state index in [1.807, 2.05) is 20.8 Å². The van der Waals surface area contributed by atoms with Crippen LogP contribution in [0, 0.1) is 6.92 Å². The summed E-state index contributed by atoms with van der Waals surface area (Å²) in [6, 6.07) is 13.0. The van der Waals surface area contributed by atoms with Gasteiger partial charge in [0.2, 0.25) is 0 Å². The highest BCUT2D eigenvalue weighted by molar-refractivity contribution is 5.97. The van der Waals surface area contributed by atoms with Gasteiger partial charge in [0, 0.05) is 29.7 Å². The number of ether oxygens (including phenoxy) is 2. The van der Waals surface area contributed by atoms with Crippen LogP contribution in [0.5, 0.6) is 6.01 Å². The fourth-order valence-corrected chi connectivity index (χ4v) is 5.22. The summed E-state index contributed by atoms with van der Waals surface area (Å²) in [5.74, 6) is 0.471. The van der Waals surface area contributed by atoms with E-state index in [2.05, 4.69) is 53.2 Å². The minimum atomic E-state index is -0.532. The highest BCUT2D eigenvalue weighted by Crippen LogP contribution is 2.34. The maximum atomic E-state index is 12.6. The maximum absolute atomic E-state index is 12.6. The number of carbonyl (C=O) groups excluding carboxylic acids is 1. The molecular formula is C28H35N5O3. The Labute approximate surface area is 212 Å². The summed E-state index contributed by atoms with van der Waals surface area (Å²) in [5, 5.41) is 2.50. The van der Waals surface area contributed by atoms with Crippen molar-refractivity contribution in [2.24, 2.45) is 0 Å². The Bertz CT molecular complexity index is 1280. The lowest BCUT2D eigenvalue weighted by atomic mass is 10.00. The van der Waals surface area contributed by atoms with Crippen molar-refractivity contribution in [3.63, 3.8) is 0 Å². The lowest BCUT2D eigenvalue weighted by Gasteiger charge is -2.32. The molecule has 0 unspecified atom stereocenters. The van der Waals surface area contributed by atoms with E-state index in [1.165, 1.54) is 22.0 Å². The zero-order chi connectivity index (χ0) is 25.4. The number of aryl methyl sites for hydroxylation is 1. The Morgan fingerprint density at radius 1 is 1.14 bits per heavy atom. The van der Waals surface area contributed by atoms with Crippen LogP contribution < -0.4 is 15.4 Å². The third-order valence-corrected chi connectivity index (χ3v) is 6.92. The summed E-state index contributed by atoms with van der Waals surface area (Å²) in [7, 11) is 0. The normalized spacial score (nSPS) is 17.8. The lowest BCUT2D eigenvalue weighted by Crippen LogP contribution is -2.42. The zero-order valence-corrected chi connectivity index (χ0v) is 21.6. The van der Waals surface area contributed by atoms with Gasteiger partial charge >= 0.3 is 12.1 Å². The number of benzene rings is 2. The number of fused-ring (bicyclic) bond motifs is 2. The molecule has 0 aliphatic carbocycles. The van der Waals surface area contributed by atoms with Gasteiger partial charge in [0.05, 0.1) is 18.3 Å². The molecule has 1 amide bonds. The minimum Gasteiger partial charge on any atom is -0.461 e. The Balaban J connectivity index is 1.33. The third-order valence-electron chi connectivity index (χ3n) is 6.92. The van der Waals surface area contributed by atoms with Crippen LogP contribution in [-0.2, 0) is 17.7 Å². The van der Waals surface area contributed by atoms with Crippen LogP contribution in [0.2, 0.25) is 0 Å². The van der Waals surface area contributed by atoms with Gasteiger partial charge in [0.25, 0.3) is 0 Å². The summed E-state index contributed by atoms with van der Waals surface area (Å²) < 4.78 is 11.6. The van der Waals surface area contributed by atoms with Gasteiger partial charge in [-0.15, -0.1) is 0 Å². The summed E-state index contributed by atoms with van der Waals surface area (Å²) >= 11 is 0. The molecule has 3 heterocycles. The number of amides is 1. The van der Waals surface area contributed by atoms with Gasteiger partial charge in [-0.3, -0.25) is 0 Å². The third kappa shape index (κ3) is 4.90. The molecule has 8 heteroatoms. The van der Waals surface area contributed by atoms with Crippen LogP contribution >= 0.6 is 0 Å². The number of nitrogen functional groups attached to an aromatic ring is 1. The molecule has 0 saturated carbocycles. The van der Waals surface area contributed by atoms with Crippen molar-refractivity contribution in [1.82, 2.24) is 14.9 Å². The van der Waals surface area contributed by atoms with E-state index in [4.69, 9.17) is 20.2 Å². The fourth-order valence-electron chi connectivity index (χ4n) is 5.22. The quantitative estimate of drug-likeness (QED) is 0.559. The summed E-state index contributed by atoms with van der Waals surface area (Å²) in [4.78, 5) is 25.9. The molecule has 8 nitrogen and oxygen atoms in total. The van der Waals surface area contributed by atoms with Crippen LogP contribution in [0.1, 0.15) is 50.4 Å². The standard InChI is InChI=1S/C28H35N5O3/c1-18-8-5-9-19-10-6-12-23(24(18)19)32-15-13-21-22(16-32)30-26(31-25(21)29)35-17-20-11-7-14-33(20)27(34)36-28(2,3)4/h5-6,8-10,12,20H,7,11,13-17H2,1-4H3,(H2,29,30,31)/t20-/m0/s1. The Hall–Kier alpha value is -3.55. The average molecular weight is 490 g/mol. The molecule has 36 heavy (non-hydrogen) atoms. The van der Waals surface area contributed by atoms with E-state index in [1.54, 1.807) is 4.90 Å². The molecule has 5 rings (SSSR count). The van der Waals surface area contributed by atoms with Gasteiger partial charge in [-0.1, -0.05) is 30.3 Å². The number of aromatic nitrogens is 2. The first kappa shape index (κ1) is 24.2. The van der Waals surface area contributed by atoms with Crippen molar-refractivity contribution >= 4 is 28.4 Å². The van der Waals surface area contributed by atoms with Crippen LogP contribution in [0.15, 0.2) is 36.4 Å². The minimum absolute atomic E-state index is 0.0733. The summed E-state index contributed by atoms with van der Waals surface area (Å²) in [6.07, 6.45) is 2.24. The van der Waals surface area contributed by atoms with E-state index in [0.29, 0.717) is 25.5 Å². The number of hydrogen-bond acceptors (Lipinski definition) is 7. The summed E-state index contributed by atoms with van der Waals surface area (Å²) in [6.45, 7) is 10.2. The van der Waals surface area contributed by atoms with Gasteiger partial charge in [-0.25, -0.2) is 4.79 Å². The number of hydrogen-bond donors (Lipinski definition) is 1. The van der Waals surface area contributed by atoms with Crippen LogP contribution in [0.25, 0.3) is 10.8 Å². The molecule has 1 fully saturated rings. The molecular weight excluding hydrogens is 454 g/mol. The SMILES string of the molecule is Cc1cccc2cccc(N3CCc4c(N)nc(OC[C@@H]5CCCN5C(=O)OC(C)(C)C)nc4C3)c12. The van der Waals surface area contributed by atoms with E-state index in [9.17, 15) is 4.79 Å². The molecule has 0 radical (unpaired) electrons. The zero-order valence-electron chi connectivity index (χ0n) is 21.6. The van der Waals surface area contributed by atoms with Crippen LogP contribution in [0.4, 0.5) is 16.3 Å². The van der Waals surface area contributed by atoms with Crippen molar-refractivity contribution < 1.29 is 14.3 Å². The van der Waals surface area contributed by atoms with Crippen molar-refractivity contribution in [3.8, 4) is 6.01 Å². The molecule has 1 aromatic heterocycles. The molecule has 1 saturated heterocycles. The molecule has 2 aliphatic heterocycles. The van der Waals surface area contributed by atoms with Gasteiger partial charge in [-0.2, -0.15) is 9.97 Å². The van der Waals surface area contributed by atoms with Gasteiger partial charge in [0.1, 0.15) is 18.0 Å². The van der Waals surface area contributed by atoms with E-state index < -0.39 is 5.60 Å². The van der Waals surface area contributed by atoms with E-state index in [0.717, 1.165) is 37.1 Å². The number of likely N-dealkylation sites (tertiary alicyclic amines) is 1. The highest BCUT2D eigenvalue weighted by atomic mass is 16.6. The predicted molar refractivity (Wildman–Crippen MR) is 141 cm³/mol. The first-order valence-electron chi connectivity index (χ1n) is 12.7. The first-order valence-corrected chi connectivity index (χ1v) is 12.7. The molecule has 1 atom stereocenters. The Kier molecular flexibility index (Phi) is 6.36. The number of nitrogens with two attached hydrogens (primary N) is 1. The second-order valence-corrected chi connectivity index (χ2v) is 10.7. The predicted octanol–water partition coefficient (Wildman–Crippen LogP) is 4.86. The van der Waals surface area contributed by atoms with Crippen molar-refractivity contribution in [2.45, 2.75) is 65.1 Å². The highest BCUT2D eigenvalue weighted by Gasteiger charge is 2.33. The maximum Gasteiger partial charge on any atom is 0.410 e. The molecule has 2 N–H and O–H groups in total.